The van der Waals surface area contributed by atoms with Crippen LogP contribution in [0.15, 0.2) is 42.6 Å². The monoisotopic (exact) mass is 338 g/mol. The third-order valence-corrected chi connectivity index (χ3v) is 5.91. The quantitative estimate of drug-likeness (QED) is 0.855. The summed E-state index contributed by atoms with van der Waals surface area (Å²) in [6.45, 7) is 6.20. The Morgan fingerprint density at radius 3 is 2.76 bits per heavy atom. The number of fused-ring (bicyclic) bond motifs is 1. The van der Waals surface area contributed by atoms with Crippen LogP contribution < -0.4 is 0 Å². The van der Waals surface area contributed by atoms with Crippen LogP contribution in [0.5, 0.6) is 0 Å². The average Bonchev–Trinajstić information content (AvgIpc) is 3.41. The fourth-order valence-electron chi connectivity index (χ4n) is 4.45. The van der Waals surface area contributed by atoms with E-state index in [2.05, 4.69) is 49.9 Å². The summed E-state index contributed by atoms with van der Waals surface area (Å²) in [5, 5.41) is 4.53. The van der Waals surface area contributed by atoms with E-state index >= 15 is 0 Å². The third-order valence-electron chi connectivity index (χ3n) is 5.91. The zero-order valence-corrected chi connectivity index (χ0v) is 14.6. The molecule has 0 amide bonds. The van der Waals surface area contributed by atoms with Crippen LogP contribution >= 0.6 is 0 Å². The van der Waals surface area contributed by atoms with Crippen molar-refractivity contribution in [3.05, 3.63) is 48.3 Å². The molecule has 3 aliphatic rings. The van der Waals surface area contributed by atoms with Gasteiger partial charge in [0.2, 0.25) is 0 Å². The molecule has 1 aromatic carbocycles. The van der Waals surface area contributed by atoms with Gasteiger partial charge in [-0.05, 0) is 37.0 Å². The summed E-state index contributed by atoms with van der Waals surface area (Å²) in [4.78, 5) is 5.31. The van der Waals surface area contributed by atoms with Gasteiger partial charge < -0.3 is 4.74 Å². The number of rotatable bonds is 4. The molecule has 0 radical (unpaired) electrons. The Bertz CT molecular complexity index is 711. The number of benzene rings is 1. The van der Waals surface area contributed by atoms with Crippen LogP contribution in [0.4, 0.5) is 0 Å². The largest absolute Gasteiger partial charge is 0.378 e. The van der Waals surface area contributed by atoms with Crippen molar-refractivity contribution < 1.29 is 4.74 Å². The Kier molecular flexibility index (Phi) is 4.08. The van der Waals surface area contributed by atoms with Crippen LogP contribution in [-0.4, -0.2) is 64.5 Å². The van der Waals surface area contributed by atoms with Gasteiger partial charge in [-0.1, -0.05) is 18.2 Å². The lowest BCUT2D eigenvalue weighted by Crippen LogP contribution is -2.62. The zero-order chi connectivity index (χ0) is 16.6. The van der Waals surface area contributed by atoms with Crippen LogP contribution in [0, 0.1) is 5.92 Å². The highest BCUT2D eigenvalue weighted by molar-refractivity contribution is 5.32. The molecule has 2 aromatic rings. The molecular weight excluding hydrogens is 312 g/mol. The zero-order valence-electron chi connectivity index (χ0n) is 14.6. The smallest absolute Gasteiger partial charge is 0.0649 e. The Balaban J connectivity index is 1.28. The summed E-state index contributed by atoms with van der Waals surface area (Å²) < 4.78 is 8.01. The molecule has 1 aliphatic carbocycles. The van der Waals surface area contributed by atoms with Gasteiger partial charge in [-0.15, -0.1) is 0 Å². The minimum absolute atomic E-state index is 0.557. The van der Waals surface area contributed by atoms with Gasteiger partial charge in [-0.3, -0.25) is 9.80 Å². The van der Waals surface area contributed by atoms with Crippen LogP contribution in [-0.2, 0) is 11.3 Å². The minimum Gasteiger partial charge on any atom is -0.378 e. The number of ether oxygens (including phenoxy) is 1. The van der Waals surface area contributed by atoms with Crippen molar-refractivity contribution in [1.29, 1.82) is 0 Å². The van der Waals surface area contributed by atoms with Crippen molar-refractivity contribution in [1.82, 2.24) is 19.6 Å². The predicted molar refractivity (Wildman–Crippen MR) is 96.7 cm³/mol. The fourth-order valence-corrected chi connectivity index (χ4v) is 4.45. The fraction of sp³-hybridized carbons (Fsp3) is 0.550. The van der Waals surface area contributed by atoms with Crippen LogP contribution in [0.2, 0.25) is 0 Å². The Morgan fingerprint density at radius 1 is 1.04 bits per heavy atom. The molecule has 5 heteroatoms. The number of hydrogen-bond donors (Lipinski definition) is 0. The molecular formula is C20H26N4O. The number of aromatic nitrogens is 2. The highest BCUT2D eigenvalue weighted by Gasteiger charge is 2.42. The SMILES string of the molecule is c1ccc(-n2nccc2CN2CCN3[C@@H](COC[C@@H]3C3CC3)C2)cc1. The van der Waals surface area contributed by atoms with Crippen molar-refractivity contribution in [2.75, 3.05) is 32.8 Å². The van der Waals surface area contributed by atoms with E-state index in [4.69, 9.17) is 4.74 Å². The second-order valence-corrected chi connectivity index (χ2v) is 7.64. The maximum absolute atomic E-state index is 5.94. The van der Waals surface area contributed by atoms with Crippen LogP contribution in [0.3, 0.4) is 0 Å². The molecule has 2 atom stereocenters. The molecule has 0 bridgehead atoms. The first-order valence-corrected chi connectivity index (χ1v) is 9.52. The van der Waals surface area contributed by atoms with Gasteiger partial charge in [0.05, 0.1) is 24.6 Å². The molecule has 5 rings (SSSR count). The third kappa shape index (κ3) is 3.12. The van der Waals surface area contributed by atoms with E-state index in [1.807, 2.05) is 12.3 Å². The first-order chi connectivity index (χ1) is 12.4. The molecule has 25 heavy (non-hydrogen) atoms. The topological polar surface area (TPSA) is 33.5 Å². The number of para-hydroxylation sites is 1. The minimum atomic E-state index is 0.557. The van der Waals surface area contributed by atoms with E-state index < -0.39 is 0 Å². The molecule has 2 saturated heterocycles. The molecule has 3 fully saturated rings. The van der Waals surface area contributed by atoms with Gasteiger partial charge in [0, 0.05) is 44.5 Å². The first kappa shape index (κ1) is 15.6. The predicted octanol–water partition coefficient (Wildman–Crippen LogP) is 2.17. The van der Waals surface area contributed by atoms with E-state index in [1.54, 1.807) is 0 Å². The summed E-state index contributed by atoms with van der Waals surface area (Å²) in [7, 11) is 0. The second-order valence-electron chi connectivity index (χ2n) is 7.64. The van der Waals surface area contributed by atoms with Gasteiger partial charge in [0.15, 0.2) is 0 Å². The van der Waals surface area contributed by atoms with E-state index in [-0.39, 0.29) is 0 Å². The summed E-state index contributed by atoms with van der Waals surface area (Å²) in [5.41, 5.74) is 2.39. The molecule has 0 spiro atoms. The standard InChI is InChI=1S/C20H26N4O/c1-2-4-17(5-3-1)24-18(8-9-21-24)12-22-10-11-23-19(13-22)14-25-15-20(23)16-6-7-16/h1-5,8-9,16,19-20H,6-7,10-15H2/t19-,20-/m1/s1. The lowest BCUT2D eigenvalue weighted by atomic mass is 10.0. The van der Waals surface area contributed by atoms with Crippen LogP contribution in [0.1, 0.15) is 18.5 Å². The second kappa shape index (κ2) is 6.56. The van der Waals surface area contributed by atoms with Gasteiger partial charge in [0.25, 0.3) is 0 Å². The maximum Gasteiger partial charge on any atom is 0.0649 e. The van der Waals surface area contributed by atoms with Crippen molar-refractivity contribution in [2.45, 2.75) is 31.5 Å². The lowest BCUT2D eigenvalue weighted by molar-refractivity contribution is -0.0882. The molecule has 0 unspecified atom stereocenters. The normalized spacial score (nSPS) is 28.0. The maximum atomic E-state index is 5.94. The molecule has 132 valence electrons. The highest BCUT2D eigenvalue weighted by Crippen LogP contribution is 2.38. The molecule has 0 N–H and O–H groups in total. The summed E-state index contributed by atoms with van der Waals surface area (Å²) in [5.74, 6) is 0.897. The van der Waals surface area contributed by atoms with E-state index in [0.717, 1.165) is 44.5 Å². The van der Waals surface area contributed by atoms with E-state index in [1.165, 1.54) is 25.1 Å². The Hall–Kier alpha value is -1.69. The van der Waals surface area contributed by atoms with Gasteiger partial charge >= 0.3 is 0 Å². The van der Waals surface area contributed by atoms with Crippen molar-refractivity contribution in [2.24, 2.45) is 5.92 Å². The molecule has 3 heterocycles. The van der Waals surface area contributed by atoms with Gasteiger partial charge in [0.1, 0.15) is 0 Å². The molecule has 2 aliphatic heterocycles. The number of nitrogens with zero attached hydrogens (tertiary/aromatic N) is 4. The Labute approximate surface area is 149 Å². The summed E-state index contributed by atoms with van der Waals surface area (Å²) in [6, 6.07) is 13.8. The van der Waals surface area contributed by atoms with E-state index in [9.17, 15) is 0 Å². The Morgan fingerprint density at radius 2 is 1.92 bits per heavy atom. The molecule has 5 nitrogen and oxygen atoms in total. The highest BCUT2D eigenvalue weighted by atomic mass is 16.5. The van der Waals surface area contributed by atoms with Crippen molar-refractivity contribution in [3.63, 3.8) is 0 Å². The molecule has 1 aromatic heterocycles. The number of hydrogen-bond acceptors (Lipinski definition) is 4. The summed E-state index contributed by atoms with van der Waals surface area (Å²) >= 11 is 0. The van der Waals surface area contributed by atoms with Crippen molar-refractivity contribution in [3.8, 4) is 5.69 Å². The lowest BCUT2D eigenvalue weighted by Gasteiger charge is -2.48. The first-order valence-electron chi connectivity index (χ1n) is 9.52. The van der Waals surface area contributed by atoms with Gasteiger partial charge in [-0.25, -0.2) is 4.68 Å². The van der Waals surface area contributed by atoms with Gasteiger partial charge in [-0.2, -0.15) is 5.10 Å². The van der Waals surface area contributed by atoms with Crippen LogP contribution in [0.25, 0.3) is 5.69 Å². The summed E-state index contributed by atoms with van der Waals surface area (Å²) in [6.07, 6.45) is 4.71. The number of morpholine rings is 1. The van der Waals surface area contributed by atoms with Crippen molar-refractivity contribution >= 4 is 0 Å². The average molecular weight is 338 g/mol. The van der Waals surface area contributed by atoms with E-state index in [0.29, 0.717) is 12.1 Å². The molecule has 1 saturated carbocycles. The number of piperazine rings is 1.